The van der Waals surface area contributed by atoms with Crippen LogP contribution in [-0.2, 0) is 0 Å². The van der Waals surface area contributed by atoms with Crippen molar-refractivity contribution in [1.82, 2.24) is 10.3 Å². The molecule has 2 aromatic rings. The molecule has 112 valence electrons. The third-order valence-electron chi connectivity index (χ3n) is 3.21. The van der Waals surface area contributed by atoms with Gasteiger partial charge in [-0.3, -0.25) is 4.79 Å². The van der Waals surface area contributed by atoms with Gasteiger partial charge in [-0.15, -0.1) is 0 Å². The van der Waals surface area contributed by atoms with E-state index in [1.165, 1.54) is 6.07 Å². The van der Waals surface area contributed by atoms with E-state index in [0.717, 1.165) is 17.1 Å². The molecule has 1 amide bonds. The normalized spacial score (nSPS) is 12.0. The van der Waals surface area contributed by atoms with Crippen molar-refractivity contribution < 1.29 is 9.21 Å². The minimum absolute atomic E-state index is 0.153. The first-order chi connectivity index (χ1) is 9.90. The summed E-state index contributed by atoms with van der Waals surface area (Å²) >= 11 is 5.91. The number of amides is 1. The molecule has 1 atom stereocenters. The van der Waals surface area contributed by atoms with E-state index in [0.29, 0.717) is 11.4 Å². The van der Waals surface area contributed by atoms with Crippen molar-refractivity contribution in [2.75, 3.05) is 12.4 Å². The lowest BCUT2D eigenvalue weighted by Crippen LogP contribution is -2.27. The zero-order valence-corrected chi connectivity index (χ0v) is 13.2. The number of hydrogen-bond acceptors (Lipinski definition) is 4. The zero-order chi connectivity index (χ0) is 15.6. The number of aromatic nitrogens is 1. The molecule has 2 aromatic heterocycles. The molecular weight excluding hydrogens is 290 g/mol. The molecule has 21 heavy (non-hydrogen) atoms. The Balaban J connectivity index is 2.18. The molecule has 0 fully saturated rings. The molecule has 1 unspecified atom stereocenters. The van der Waals surface area contributed by atoms with Gasteiger partial charge in [-0.2, -0.15) is 0 Å². The van der Waals surface area contributed by atoms with Gasteiger partial charge >= 0.3 is 0 Å². The van der Waals surface area contributed by atoms with Crippen LogP contribution in [0, 0.1) is 13.8 Å². The molecule has 2 rings (SSSR count). The Morgan fingerprint density at radius 3 is 2.62 bits per heavy atom. The highest BCUT2D eigenvalue weighted by atomic mass is 35.5. The van der Waals surface area contributed by atoms with E-state index < -0.39 is 0 Å². The van der Waals surface area contributed by atoms with Crippen molar-refractivity contribution >= 4 is 23.3 Å². The Kier molecular flexibility index (Phi) is 4.53. The van der Waals surface area contributed by atoms with Crippen LogP contribution in [-0.4, -0.2) is 17.9 Å². The SMILES string of the molecule is CNc1cc(C(=O)NC(C)c2cc(C)oc2C)cc(Cl)n1. The summed E-state index contributed by atoms with van der Waals surface area (Å²) in [6.07, 6.45) is 0. The predicted molar refractivity (Wildman–Crippen MR) is 82.9 cm³/mol. The van der Waals surface area contributed by atoms with E-state index in [4.69, 9.17) is 16.0 Å². The Morgan fingerprint density at radius 2 is 2.05 bits per heavy atom. The molecule has 2 N–H and O–H groups in total. The summed E-state index contributed by atoms with van der Waals surface area (Å²) in [5, 5.41) is 6.08. The Bertz CT molecular complexity index is 667. The fourth-order valence-corrected chi connectivity index (χ4v) is 2.40. The second-order valence-corrected chi connectivity index (χ2v) is 5.26. The van der Waals surface area contributed by atoms with Gasteiger partial charge in [0.15, 0.2) is 0 Å². The zero-order valence-electron chi connectivity index (χ0n) is 12.5. The Morgan fingerprint density at radius 1 is 1.33 bits per heavy atom. The minimum Gasteiger partial charge on any atom is -0.466 e. The molecule has 0 aromatic carbocycles. The summed E-state index contributed by atoms with van der Waals surface area (Å²) in [5.41, 5.74) is 1.43. The van der Waals surface area contributed by atoms with E-state index in [-0.39, 0.29) is 17.1 Å². The summed E-state index contributed by atoms with van der Waals surface area (Å²) in [5.74, 6) is 1.98. The van der Waals surface area contributed by atoms with Gasteiger partial charge < -0.3 is 15.1 Å². The molecule has 0 aliphatic heterocycles. The highest BCUT2D eigenvalue weighted by Crippen LogP contribution is 2.22. The average Bonchev–Trinajstić information content (AvgIpc) is 2.76. The highest BCUT2D eigenvalue weighted by Gasteiger charge is 2.17. The van der Waals surface area contributed by atoms with E-state index in [1.807, 2.05) is 26.8 Å². The van der Waals surface area contributed by atoms with E-state index in [9.17, 15) is 4.79 Å². The first kappa shape index (κ1) is 15.4. The lowest BCUT2D eigenvalue weighted by molar-refractivity contribution is 0.0939. The quantitative estimate of drug-likeness (QED) is 0.849. The van der Waals surface area contributed by atoms with Crippen LogP contribution in [0.1, 0.15) is 40.4 Å². The van der Waals surface area contributed by atoms with Crippen molar-refractivity contribution in [2.45, 2.75) is 26.8 Å². The summed E-state index contributed by atoms with van der Waals surface area (Å²) in [7, 11) is 1.72. The van der Waals surface area contributed by atoms with Crippen molar-refractivity contribution in [3.8, 4) is 0 Å². The number of furan rings is 1. The number of nitrogens with one attached hydrogen (secondary N) is 2. The lowest BCUT2D eigenvalue weighted by atomic mass is 10.1. The molecule has 0 saturated heterocycles. The number of carbonyl (C=O) groups excluding carboxylic acids is 1. The van der Waals surface area contributed by atoms with Crippen molar-refractivity contribution in [3.63, 3.8) is 0 Å². The van der Waals surface area contributed by atoms with Crippen molar-refractivity contribution in [2.24, 2.45) is 0 Å². The van der Waals surface area contributed by atoms with E-state index in [1.54, 1.807) is 13.1 Å². The second-order valence-electron chi connectivity index (χ2n) is 4.88. The van der Waals surface area contributed by atoms with Gasteiger partial charge in [0, 0.05) is 18.2 Å². The van der Waals surface area contributed by atoms with Gasteiger partial charge in [-0.25, -0.2) is 4.98 Å². The molecule has 0 aliphatic carbocycles. The first-order valence-corrected chi connectivity index (χ1v) is 7.01. The maximum atomic E-state index is 12.3. The third-order valence-corrected chi connectivity index (χ3v) is 3.40. The number of carbonyl (C=O) groups is 1. The molecule has 6 heteroatoms. The number of anilines is 1. The summed E-state index contributed by atoms with van der Waals surface area (Å²) in [6.45, 7) is 5.68. The number of rotatable bonds is 4. The molecule has 5 nitrogen and oxygen atoms in total. The van der Waals surface area contributed by atoms with Crippen LogP contribution in [0.3, 0.4) is 0 Å². The standard InChI is InChI=1S/C15H18ClN3O2/c1-8-5-12(10(3)21-8)9(2)18-15(20)11-6-13(16)19-14(7-11)17-4/h5-7,9H,1-4H3,(H,17,19)(H,18,20). The van der Waals surface area contributed by atoms with E-state index in [2.05, 4.69) is 15.6 Å². The molecule has 0 radical (unpaired) electrons. The van der Waals surface area contributed by atoms with Gasteiger partial charge in [0.25, 0.3) is 5.91 Å². The van der Waals surface area contributed by atoms with Gasteiger partial charge in [0.2, 0.25) is 0 Å². The van der Waals surface area contributed by atoms with Crippen LogP contribution < -0.4 is 10.6 Å². The fourth-order valence-electron chi connectivity index (χ4n) is 2.19. The van der Waals surface area contributed by atoms with Gasteiger partial charge in [0.1, 0.15) is 22.5 Å². The van der Waals surface area contributed by atoms with Crippen LogP contribution in [0.4, 0.5) is 5.82 Å². The summed E-state index contributed by atoms with van der Waals surface area (Å²) in [6, 6.07) is 4.97. The predicted octanol–water partition coefficient (Wildman–Crippen LogP) is 3.48. The first-order valence-electron chi connectivity index (χ1n) is 6.64. The van der Waals surface area contributed by atoms with Gasteiger partial charge in [-0.05, 0) is 39.0 Å². The highest BCUT2D eigenvalue weighted by molar-refractivity contribution is 6.29. The lowest BCUT2D eigenvalue weighted by Gasteiger charge is -2.14. The Hall–Kier alpha value is -2.01. The fraction of sp³-hybridized carbons (Fsp3) is 0.333. The molecule has 0 saturated carbocycles. The number of hydrogen-bond donors (Lipinski definition) is 2. The Labute approximate surface area is 128 Å². The summed E-state index contributed by atoms with van der Waals surface area (Å²) < 4.78 is 5.49. The third kappa shape index (κ3) is 3.55. The number of pyridine rings is 1. The molecular formula is C15H18ClN3O2. The smallest absolute Gasteiger partial charge is 0.252 e. The maximum Gasteiger partial charge on any atom is 0.252 e. The van der Waals surface area contributed by atoms with Crippen LogP contribution in [0.25, 0.3) is 0 Å². The van der Waals surface area contributed by atoms with E-state index >= 15 is 0 Å². The monoisotopic (exact) mass is 307 g/mol. The molecule has 0 spiro atoms. The largest absolute Gasteiger partial charge is 0.466 e. The van der Waals surface area contributed by atoms with Crippen LogP contribution >= 0.6 is 11.6 Å². The summed E-state index contributed by atoms with van der Waals surface area (Å²) in [4.78, 5) is 16.4. The van der Waals surface area contributed by atoms with Crippen LogP contribution in [0.15, 0.2) is 22.6 Å². The molecule has 0 bridgehead atoms. The van der Waals surface area contributed by atoms with Gasteiger partial charge in [0.05, 0.1) is 6.04 Å². The minimum atomic E-state index is -0.207. The van der Waals surface area contributed by atoms with Crippen LogP contribution in [0.2, 0.25) is 5.15 Å². The molecule has 0 aliphatic rings. The second kappa shape index (κ2) is 6.18. The van der Waals surface area contributed by atoms with Gasteiger partial charge in [-0.1, -0.05) is 11.6 Å². The molecule has 2 heterocycles. The van der Waals surface area contributed by atoms with Crippen LogP contribution in [0.5, 0.6) is 0 Å². The van der Waals surface area contributed by atoms with Crippen molar-refractivity contribution in [1.29, 1.82) is 0 Å². The maximum absolute atomic E-state index is 12.3. The topological polar surface area (TPSA) is 67.2 Å². The number of aryl methyl sites for hydroxylation is 2. The van der Waals surface area contributed by atoms with Crippen molar-refractivity contribution in [3.05, 3.63) is 46.0 Å². The number of halogens is 1. The number of nitrogens with zero attached hydrogens (tertiary/aromatic N) is 1. The average molecular weight is 308 g/mol.